The lowest BCUT2D eigenvalue weighted by Gasteiger charge is -2.21. The van der Waals surface area contributed by atoms with Crippen molar-refractivity contribution in [3.8, 4) is 17.2 Å². The Balaban J connectivity index is 1.11. The van der Waals surface area contributed by atoms with Crippen LogP contribution in [-0.2, 0) is 16.1 Å². The van der Waals surface area contributed by atoms with Gasteiger partial charge in [0.2, 0.25) is 0 Å². The zero-order valence-electron chi connectivity index (χ0n) is 18.5. The molecule has 0 unspecified atom stereocenters. The molecule has 5 rings (SSSR count). The number of carbonyl (C=O) groups is 1. The van der Waals surface area contributed by atoms with Crippen molar-refractivity contribution in [3.05, 3.63) is 54.2 Å². The highest BCUT2D eigenvalue weighted by Crippen LogP contribution is 2.35. The highest BCUT2D eigenvalue weighted by atomic mass is 16.6. The molecule has 33 heavy (non-hydrogen) atoms. The number of carbonyl (C=O) groups excluding carboxylic acids is 1. The molecule has 0 N–H and O–H groups in total. The lowest BCUT2D eigenvalue weighted by atomic mass is 10.1. The fourth-order valence-electron chi connectivity index (χ4n) is 4.11. The molecule has 0 bridgehead atoms. The topological polar surface area (TPSA) is 79.4 Å². The summed E-state index contributed by atoms with van der Waals surface area (Å²) in [5.74, 6) is 2.15. The third kappa shape index (κ3) is 4.66. The molecule has 0 radical (unpaired) electrons. The van der Waals surface area contributed by atoms with Crippen LogP contribution in [0.3, 0.4) is 0 Å². The van der Waals surface area contributed by atoms with E-state index in [0.717, 1.165) is 40.7 Å². The summed E-state index contributed by atoms with van der Waals surface area (Å²) in [6.07, 6.45) is 2.81. The predicted octanol–water partition coefficient (Wildman–Crippen LogP) is 4.34. The first kappa shape index (κ1) is 21.3. The van der Waals surface area contributed by atoms with E-state index in [1.54, 1.807) is 18.2 Å². The largest absolute Gasteiger partial charge is 0.497 e. The molecule has 3 heterocycles. The number of ether oxygens (including phenoxy) is 5. The van der Waals surface area contributed by atoms with E-state index in [4.69, 9.17) is 23.7 Å². The molecule has 1 aromatic heterocycles. The fourth-order valence-corrected chi connectivity index (χ4v) is 4.11. The van der Waals surface area contributed by atoms with Gasteiger partial charge in [0.1, 0.15) is 25.1 Å². The van der Waals surface area contributed by atoms with E-state index in [0.29, 0.717) is 44.5 Å². The van der Waals surface area contributed by atoms with Crippen LogP contribution in [0.4, 0.5) is 10.5 Å². The zero-order chi connectivity index (χ0) is 22.6. The Labute approximate surface area is 192 Å². The Morgan fingerprint density at radius 3 is 2.85 bits per heavy atom. The van der Waals surface area contributed by atoms with Gasteiger partial charge < -0.3 is 23.7 Å². The van der Waals surface area contributed by atoms with Crippen LogP contribution in [0.2, 0.25) is 0 Å². The van der Waals surface area contributed by atoms with E-state index in [1.807, 2.05) is 42.5 Å². The van der Waals surface area contributed by atoms with Crippen LogP contribution < -0.4 is 19.1 Å². The van der Waals surface area contributed by atoms with Gasteiger partial charge in [0.05, 0.1) is 31.5 Å². The Hall–Kier alpha value is -3.52. The second-order valence-electron chi connectivity index (χ2n) is 7.99. The van der Waals surface area contributed by atoms with Gasteiger partial charge in [0.25, 0.3) is 0 Å². The van der Waals surface area contributed by atoms with Crippen molar-refractivity contribution in [2.75, 3.05) is 38.4 Å². The standard InChI is InChI=1S/C25H26N2O6/c1-29-19-5-6-22-21(14-19)17(8-9-26-22)16-30-10-2-3-20-15-27(25(28)33-20)18-4-7-23-24(13-18)32-12-11-31-23/h4-9,13-14,20H,2-3,10-12,15-16H2,1H3/t20-/m1/s1. The number of benzene rings is 2. The summed E-state index contributed by atoms with van der Waals surface area (Å²) in [6.45, 7) is 2.61. The number of hydrogen-bond donors (Lipinski definition) is 0. The van der Waals surface area contributed by atoms with Gasteiger partial charge in [0, 0.05) is 24.3 Å². The van der Waals surface area contributed by atoms with Crippen molar-refractivity contribution in [3.63, 3.8) is 0 Å². The van der Waals surface area contributed by atoms with Crippen LogP contribution in [-0.4, -0.2) is 50.7 Å². The molecule has 172 valence electrons. The molecule has 8 heteroatoms. The number of anilines is 1. The first-order valence-electron chi connectivity index (χ1n) is 11.1. The monoisotopic (exact) mass is 450 g/mol. The van der Waals surface area contributed by atoms with Gasteiger partial charge in [-0.3, -0.25) is 9.88 Å². The highest BCUT2D eigenvalue weighted by molar-refractivity contribution is 5.90. The van der Waals surface area contributed by atoms with Crippen LogP contribution in [0.1, 0.15) is 18.4 Å². The number of amides is 1. The normalized spacial score (nSPS) is 17.3. The van der Waals surface area contributed by atoms with Crippen LogP contribution in [0.25, 0.3) is 10.9 Å². The number of nitrogens with zero attached hydrogens (tertiary/aromatic N) is 2. The molecule has 3 aromatic rings. The van der Waals surface area contributed by atoms with E-state index < -0.39 is 0 Å². The van der Waals surface area contributed by atoms with E-state index in [-0.39, 0.29) is 12.2 Å². The Kier molecular flexibility index (Phi) is 6.17. The third-order valence-corrected chi connectivity index (χ3v) is 5.82. The third-order valence-electron chi connectivity index (χ3n) is 5.82. The van der Waals surface area contributed by atoms with Gasteiger partial charge in [0.15, 0.2) is 11.5 Å². The van der Waals surface area contributed by atoms with E-state index >= 15 is 0 Å². The number of hydrogen-bond acceptors (Lipinski definition) is 7. The molecule has 2 aliphatic heterocycles. The number of aromatic nitrogens is 1. The molecule has 8 nitrogen and oxygen atoms in total. The maximum absolute atomic E-state index is 12.4. The van der Waals surface area contributed by atoms with Gasteiger partial charge >= 0.3 is 6.09 Å². The minimum absolute atomic E-state index is 0.166. The molecule has 0 aliphatic carbocycles. The smallest absolute Gasteiger partial charge is 0.414 e. The summed E-state index contributed by atoms with van der Waals surface area (Å²) in [5.41, 5.74) is 2.73. The molecule has 1 fully saturated rings. The molecule has 1 saturated heterocycles. The number of rotatable bonds is 8. The second kappa shape index (κ2) is 9.54. The molecule has 2 aliphatic rings. The van der Waals surface area contributed by atoms with E-state index in [2.05, 4.69) is 4.98 Å². The summed E-state index contributed by atoms with van der Waals surface area (Å²) in [5, 5.41) is 1.02. The Morgan fingerprint density at radius 1 is 1.09 bits per heavy atom. The minimum atomic E-state index is -0.338. The van der Waals surface area contributed by atoms with E-state index in [1.165, 1.54) is 0 Å². The van der Waals surface area contributed by atoms with Gasteiger partial charge in [-0.15, -0.1) is 0 Å². The summed E-state index contributed by atoms with van der Waals surface area (Å²) < 4.78 is 28.0. The van der Waals surface area contributed by atoms with Crippen LogP contribution in [0, 0.1) is 0 Å². The molecule has 0 spiro atoms. The van der Waals surface area contributed by atoms with Crippen molar-refractivity contribution in [2.45, 2.75) is 25.6 Å². The lowest BCUT2D eigenvalue weighted by Crippen LogP contribution is -2.25. The summed E-state index contributed by atoms with van der Waals surface area (Å²) in [6, 6.07) is 13.3. The van der Waals surface area contributed by atoms with Gasteiger partial charge in [-0.1, -0.05) is 0 Å². The van der Waals surface area contributed by atoms with Crippen molar-refractivity contribution in [2.24, 2.45) is 0 Å². The molecule has 0 saturated carbocycles. The number of fused-ring (bicyclic) bond motifs is 2. The van der Waals surface area contributed by atoms with Crippen LogP contribution in [0.5, 0.6) is 17.2 Å². The Morgan fingerprint density at radius 2 is 1.97 bits per heavy atom. The number of methoxy groups -OCH3 is 1. The summed E-state index contributed by atoms with van der Waals surface area (Å²) >= 11 is 0. The highest BCUT2D eigenvalue weighted by Gasteiger charge is 2.32. The second-order valence-corrected chi connectivity index (χ2v) is 7.99. The molecular formula is C25H26N2O6. The van der Waals surface area contributed by atoms with Crippen molar-refractivity contribution >= 4 is 22.7 Å². The number of pyridine rings is 1. The quantitative estimate of drug-likeness (QED) is 0.473. The fraction of sp³-hybridized carbons (Fsp3) is 0.360. The van der Waals surface area contributed by atoms with Gasteiger partial charge in [-0.25, -0.2) is 4.79 Å². The average Bonchev–Trinajstić information content (AvgIpc) is 3.23. The zero-order valence-corrected chi connectivity index (χ0v) is 18.5. The van der Waals surface area contributed by atoms with E-state index in [9.17, 15) is 4.79 Å². The van der Waals surface area contributed by atoms with Crippen molar-refractivity contribution < 1.29 is 28.5 Å². The predicted molar refractivity (Wildman–Crippen MR) is 122 cm³/mol. The lowest BCUT2D eigenvalue weighted by molar-refractivity contribution is 0.0978. The maximum atomic E-state index is 12.4. The molecular weight excluding hydrogens is 424 g/mol. The van der Waals surface area contributed by atoms with Crippen LogP contribution >= 0.6 is 0 Å². The summed E-state index contributed by atoms with van der Waals surface area (Å²) in [4.78, 5) is 18.4. The van der Waals surface area contributed by atoms with Gasteiger partial charge in [-0.2, -0.15) is 0 Å². The SMILES string of the molecule is COc1ccc2nccc(COCCC[C@@H]3CN(c4ccc5c(c4)OCCO5)C(=O)O3)c2c1. The first-order valence-corrected chi connectivity index (χ1v) is 11.1. The molecule has 2 aromatic carbocycles. The van der Waals surface area contributed by atoms with Gasteiger partial charge in [-0.05, 0) is 54.8 Å². The van der Waals surface area contributed by atoms with Crippen LogP contribution in [0.15, 0.2) is 48.7 Å². The Bertz CT molecular complexity index is 1150. The molecule has 1 amide bonds. The minimum Gasteiger partial charge on any atom is -0.497 e. The van der Waals surface area contributed by atoms with Crippen molar-refractivity contribution in [1.82, 2.24) is 4.98 Å². The maximum Gasteiger partial charge on any atom is 0.414 e. The first-order chi connectivity index (χ1) is 16.2. The molecule has 1 atom stereocenters. The van der Waals surface area contributed by atoms with Crippen molar-refractivity contribution in [1.29, 1.82) is 0 Å². The number of cyclic esters (lactones) is 1. The average molecular weight is 450 g/mol. The summed E-state index contributed by atoms with van der Waals surface area (Å²) in [7, 11) is 1.65.